The highest BCUT2D eigenvalue weighted by atomic mass is 16.5. The second-order valence-corrected chi connectivity index (χ2v) is 6.65. The van der Waals surface area contributed by atoms with Crippen molar-refractivity contribution in [2.75, 3.05) is 24.6 Å². The molecule has 0 saturated carbocycles. The van der Waals surface area contributed by atoms with Crippen LogP contribution in [0, 0.1) is 6.92 Å². The molecule has 1 aliphatic rings. The van der Waals surface area contributed by atoms with E-state index in [1.807, 2.05) is 6.07 Å². The molecule has 1 aromatic carbocycles. The Labute approximate surface area is 157 Å². The van der Waals surface area contributed by atoms with Crippen LogP contribution in [0.1, 0.15) is 17.2 Å². The molecule has 0 radical (unpaired) electrons. The minimum absolute atomic E-state index is 0.0572. The van der Waals surface area contributed by atoms with Crippen LogP contribution in [0.25, 0.3) is 11.4 Å². The Kier molecular flexibility index (Phi) is 4.68. The normalized spacial score (nSPS) is 17.1. The molecule has 0 N–H and O–H groups in total. The van der Waals surface area contributed by atoms with Gasteiger partial charge in [-0.15, -0.1) is 0 Å². The number of ether oxygens (including phenoxy) is 1. The number of hydrogen-bond acceptors (Lipinski definition) is 6. The molecule has 3 aromatic rings. The van der Waals surface area contributed by atoms with Gasteiger partial charge in [-0.05, 0) is 18.6 Å². The fourth-order valence-corrected chi connectivity index (χ4v) is 3.29. The maximum absolute atomic E-state index is 12.5. The minimum atomic E-state index is -0.118. The number of aromatic nitrogens is 4. The van der Waals surface area contributed by atoms with Gasteiger partial charge in [-0.25, -0.2) is 15.0 Å². The lowest BCUT2D eigenvalue weighted by Gasteiger charge is -2.34. The van der Waals surface area contributed by atoms with Gasteiger partial charge in [0.1, 0.15) is 12.4 Å². The Morgan fingerprint density at radius 1 is 1.19 bits per heavy atom. The molecule has 7 heteroatoms. The average molecular weight is 363 g/mol. The van der Waals surface area contributed by atoms with E-state index < -0.39 is 0 Å². The molecule has 1 saturated heterocycles. The minimum Gasteiger partial charge on any atom is -0.370 e. The van der Waals surface area contributed by atoms with E-state index >= 15 is 0 Å². The van der Waals surface area contributed by atoms with E-state index in [-0.39, 0.29) is 11.7 Å². The van der Waals surface area contributed by atoms with Crippen LogP contribution in [-0.4, -0.2) is 39.2 Å². The van der Waals surface area contributed by atoms with Crippen molar-refractivity contribution in [1.29, 1.82) is 0 Å². The second-order valence-electron chi connectivity index (χ2n) is 6.65. The van der Waals surface area contributed by atoms with Crippen LogP contribution in [0.4, 0.5) is 5.95 Å². The molecule has 1 aliphatic heterocycles. The summed E-state index contributed by atoms with van der Waals surface area (Å²) in [6.07, 6.45) is 3.04. The van der Waals surface area contributed by atoms with Crippen molar-refractivity contribution in [3.8, 4) is 11.4 Å². The van der Waals surface area contributed by atoms with E-state index in [0.29, 0.717) is 37.0 Å². The molecule has 0 bridgehead atoms. The lowest BCUT2D eigenvalue weighted by atomic mass is 10.1. The number of anilines is 1. The zero-order valence-electron chi connectivity index (χ0n) is 15.4. The number of nitrogens with zero attached hydrogens (tertiary/aromatic N) is 5. The molecule has 0 spiro atoms. The highest BCUT2D eigenvalue weighted by molar-refractivity contribution is 5.55. The second kappa shape index (κ2) is 7.28. The molecule has 2 aromatic heterocycles. The van der Waals surface area contributed by atoms with Crippen molar-refractivity contribution >= 4 is 5.95 Å². The third kappa shape index (κ3) is 3.59. The van der Waals surface area contributed by atoms with Crippen molar-refractivity contribution in [3.63, 3.8) is 0 Å². The van der Waals surface area contributed by atoms with Gasteiger partial charge < -0.3 is 9.64 Å². The van der Waals surface area contributed by atoms with Gasteiger partial charge in [-0.1, -0.05) is 29.8 Å². The van der Waals surface area contributed by atoms with Gasteiger partial charge in [0.15, 0.2) is 0 Å². The van der Waals surface area contributed by atoms with Crippen LogP contribution in [0.3, 0.4) is 0 Å². The Bertz CT molecular complexity index is 1000. The van der Waals surface area contributed by atoms with Crippen molar-refractivity contribution in [3.05, 3.63) is 70.4 Å². The topological polar surface area (TPSA) is 73.1 Å². The van der Waals surface area contributed by atoms with Crippen LogP contribution in [0.5, 0.6) is 0 Å². The van der Waals surface area contributed by atoms with Gasteiger partial charge >= 0.3 is 0 Å². The molecule has 1 atom stereocenters. The summed E-state index contributed by atoms with van der Waals surface area (Å²) < 4.78 is 7.55. The summed E-state index contributed by atoms with van der Waals surface area (Å²) in [4.78, 5) is 27.4. The summed E-state index contributed by atoms with van der Waals surface area (Å²) in [5, 5.41) is 0. The number of aryl methyl sites for hydroxylation is 1. The van der Waals surface area contributed by atoms with Gasteiger partial charge in [-0.3, -0.25) is 9.36 Å². The fraction of sp³-hybridized carbons (Fsp3) is 0.300. The van der Waals surface area contributed by atoms with E-state index in [2.05, 4.69) is 40.0 Å². The number of hydrogen-bond donors (Lipinski definition) is 0. The van der Waals surface area contributed by atoms with Crippen LogP contribution < -0.4 is 10.5 Å². The summed E-state index contributed by atoms with van der Waals surface area (Å²) in [6.45, 7) is 3.96. The first-order chi connectivity index (χ1) is 13.1. The van der Waals surface area contributed by atoms with E-state index in [1.54, 1.807) is 23.9 Å². The fourth-order valence-electron chi connectivity index (χ4n) is 3.29. The number of benzene rings is 1. The van der Waals surface area contributed by atoms with Crippen LogP contribution >= 0.6 is 0 Å². The van der Waals surface area contributed by atoms with Crippen LogP contribution in [-0.2, 0) is 11.8 Å². The van der Waals surface area contributed by atoms with Crippen molar-refractivity contribution in [2.24, 2.45) is 7.05 Å². The summed E-state index contributed by atoms with van der Waals surface area (Å²) in [6, 6.07) is 11.6. The van der Waals surface area contributed by atoms with Gasteiger partial charge in [0.05, 0.1) is 24.5 Å². The number of morpholine rings is 1. The molecule has 0 unspecified atom stereocenters. The Morgan fingerprint density at radius 2 is 2.07 bits per heavy atom. The first-order valence-electron chi connectivity index (χ1n) is 8.89. The van der Waals surface area contributed by atoms with Crippen molar-refractivity contribution in [2.45, 2.75) is 13.0 Å². The molecule has 27 heavy (non-hydrogen) atoms. The SMILES string of the molecule is Cc1cccc([C@H]2CN(c3nc(-c4ccncn4)cc(=O)n3C)CCO2)c1. The summed E-state index contributed by atoms with van der Waals surface area (Å²) in [5.74, 6) is 0.622. The molecular weight excluding hydrogens is 342 g/mol. The quantitative estimate of drug-likeness (QED) is 0.710. The molecule has 0 amide bonds. The molecule has 7 nitrogen and oxygen atoms in total. The molecule has 1 fully saturated rings. The zero-order valence-corrected chi connectivity index (χ0v) is 15.4. The van der Waals surface area contributed by atoms with Crippen molar-refractivity contribution < 1.29 is 4.74 Å². The lowest BCUT2D eigenvalue weighted by molar-refractivity contribution is 0.0389. The first-order valence-corrected chi connectivity index (χ1v) is 8.89. The van der Waals surface area contributed by atoms with Gasteiger partial charge in [0.2, 0.25) is 5.95 Å². The smallest absolute Gasteiger partial charge is 0.255 e. The first kappa shape index (κ1) is 17.4. The maximum atomic E-state index is 12.5. The predicted octanol–water partition coefficient (Wildman–Crippen LogP) is 2.12. The molecule has 138 valence electrons. The molecule has 4 rings (SSSR count). The Balaban J connectivity index is 1.68. The van der Waals surface area contributed by atoms with E-state index in [1.165, 1.54) is 18.0 Å². The largest absolute Gasteiger partial charge is 0.370 e. The van der Waals surface area contributed by atoms with Gasteiger partial charge in [0.25, 0.3) is 5.56 Å². The van der Waals surface area contributed by atoms with E-state index in [0.717, 1.165) is 5.56 Å². The highest BCUT2D eigenvalue weighted by Gasteiger charge is 2.25. The third-order valence-electron chi connectivity index (χ3n) is 4.72. The Morgan fingerprint density at radius 3 is 2.85 bits per heavy atom. The standard InChI is InChI=1S/C20H21N5O2/c1-14-4-3-5-15(10-14)18-12-25(8-9-27-18)20-23-17(11-19(26)24(20)2)16-6-7-21-13-22-16/h3-7,10-11,13,18H,8-9,12H2,1-2H3/t18-/m1/s1. The van der Waals surface area contributed by atoms with Crippen molar-refractivity contribution in [1.82, 2.24) is 19.5 Å². The zero-order chi connectivity index (χ0) is 18.8. The van der Waals surface area contributed by atoms with Gasteiger partial charge in [0, 0.05) is 25.9 Å². The van der Waals surface area contributed by atoms with Crippen LogP contribution in [0.15, 0.2) is 53.7 Å². The lowest BCUT2D eigenvalue weighted by Crippen LogP contribution is -2.41. The van der Waals surface area contributed by atoms with Gasteiger partial charge in [-0.2, -0.15) is 0 Å². The molecule has 0 aliphatic carbocycles. The predicted molar refractivity (Wildman–Crippen MR) is 103 cm³/mol. The third-order valence-corrected chi connectivity index (χ3v) is 4.72. The summed E-state index contributed by atoms with van der Waals surface area (Å²) in [5.41, 5.74) is 3.40. The van der Waals surface area contributed by atoms with E-state index in [4.69, 9.17) is 9.72 Å². The summed E-state index contributed by atoms with van der Waals surface area (Å²) >= 11 is 0. The summed E-state index contributed by atoms with van der Waals surface area (Å²) in [7, 11) is 1.74. The Hall–Kier alpha value is -3.06. The molecular formula is C20H21N5O2. The van der Waals surface area contributed by atoms with E-state index in [9.17, 15) is 4.79 Å². The van der Waals surface area contributed by atoms with Crippen LogP contribution in [0.2, 0.25) is 0 Å². The number of rotatable bonds is 3. The monoisotopic (exact) mass is 363 g/mol. The maximum Gasteiger partial charge on any atom is 0.255 e. The average Bonchev–Trinajstić information content (AvgIpc) is 2.71. The molecule has 3 heterocycles. The highest BCUT2D eigenvalue weighted by Crippen LogP contribution is 2.26.